The number of anilines is 3. The van der Waals surface area contributed by atoms with Crippen LogP contribution < -0.4 is 15.5 Å². The van der Waals surface area contributed by atoms with Crippen molar-refractivity contribution in [2.75, 3.05) is 56.7 Å². The zero-order valence-corrected chi connectivity index (χ0v) is 18.5. The topological polar surface area (TPSA) is 100 Å². The number of hydrogen-bond acceptors (Lipinski definition) is 8. The Morgan fingerprint density at radius 2 is 1.79 bits per heavy atom. The lowest BCUT2D eigenvalue weighted by atomic mass is 10.1. The van der Waals surface area contributed by atoms with Crippen molar-refractivity contribution in [2.45, 2.75) is 6.04 Å². The Kier molecular flexibility index (Phi) is 6.07. The second-order valence-electron chi connectivity index (χ2n) is 8.16. The third kappa shape index (κ3) is 4.68. The summed E-state index contributed by atoms with van der Waals surface area (Å²) in [6.45, 7) is 4.88. The lowest BCUT2D eigenvalue weighted by Crippen LogP contribution is -2.56. The molecule has 2 fully saturated rings. The number of halogens is 2. The highest BCUT2D eigenvalue weighted by molar-refractivity contribution is 5.95. The number of hydrogen-bond donors (Lipinski definition) is 2. The minimum Gasteiger partial charge on any atom is -0.378 e. The molecule has 12 heteroatoms. The molecule has 2 aliphatic heterocycles. The van der Waals surface area contributed by atoms with Crippen molar-refractivity contribution in [1.29, 1.82) is 0 Å². The summed E-state index contributed by atoms with van der Waals surface area (Å²) in [4.78, 5) is 25.7. The van der Waals surface area contributed by atoms with E-state index in [0.717, 1.165) is 57.6 Å². The SMILES string of the molecule is CNC(=O)c1cc(Nc2ncn(-c3cc(F)cc(F)c3)n2)nc(N2CCN(C3COC3)CC2)c1. The predicted molar refractivity (Wildman–Crippen MR) is 121 cm³/mol. The Morgan fingerprint density at radius 3 is 2.44 bits per heavy atom. The van der Waals surface area contributed by atoms with E-state index in [-0.39, 0.29) is 17.5 Å². The number of nitrogens with zero attached hydrogens (tertiary/aromatic N) is 6. The molecule has 0 aliphatic carbocycles. The number of aromatic nitrogens is 4. The van der Waals surface area contributed by atoms with E-state index in [9.17, 15) is 13.6 Å². The summed E-state index contributed by atoms with van der Waals surface area (Å²) in [5.74, 6) is -0.449. The van der Waals surface area contributed by atoms with E-state index in [1.54, 1.807) is 19.2 Å². The molecule has 2 saturated heterocycles. The fraction of sp³-hybridized carbons (Fsp3) is 0.364. The Balaban J connectivity index is 1.36. The van der Waals surface area contributed by atoms with Crippen molar-refractivity contribution in [1.82, 2.24) is 30.0 Å². The van der Waals surface area contributed by atoms with Gasteiger partial charge in [0.05, 0.1) is 24.9 Å². The van der Waals surface area contributed by atoms with Gasteiger partial charge in [0.1, 0.15) is 29.6 Å². The highest BCUT2D eigenvalue weighted by Gasteiger charge is 2.29. The number of benzene rings is 1. The molecule has 0 atom stereocenters. The van der Waals surface area contributed by atoms with E-state index in [0.29, 0.717) is 23.2 Å². The molecule has 178 valence electrons. The quantitative estimate of drug-likeness (QED) is 0.560. The van der Waals surface area contributed by atoms with Gasteiger partial charge in [-0.25, -0.2) is 18.4 Å². The van der Waals surface area contributed by atoms with Gasteiger partial charge in [-0.1, -0.05) is 0 Å². The molecule has 0 bridgehead atoms. The number of carbonyl (C=O) groups is 1. The molecular weight excluding hydrogens is 446 g/mol. The molecule has 0 radical (unpaired) electrons. The van der Waals surface area contributed by atoms with Crippen LogP contribution >= 0.6 is 0 Å². The average molecular weight is 470 g/mol. The van der Waals surface area contributed by atoms with Crippen molar-refractivity contribution in [3.05, 3.63) is 53.9 Å². The molecule has 34 heavy (non-hydrogen) atoms. The number of rotatable bonds is 6. The number of piperazine rings is 1. The summed E-state index contributed by atoms with van der Waals surface area (Å²) in [5, 5.41) is 9.85. The third-order valence-corrected chi connectivity index (χ3v) is 5.92. The van der Waals surface area contributed by atoms with Crippen LogP contribution in [0.2, 0.25) is 0 Å². The monoisotopic (exact) mass is 470 g/mol. The second-order valence-corrected chi connectivity index (χ2v) is 8.16. The lowest BCUT2D eigenvalue weighted by Gasteiger charge is -2.42. The first kappa shape index (κ1) is 22.2. The molecule has 5 rings (SSSR count). The van der Waals surface area contributed by atoms with Gasteiger partial charge in [0.2, 0.25) is 5.95 Å². The second kappa shape index (κ2) is 9.31. The van der Waals surface area contributed by atoms with Crippen LogP contribution in [0.25, 0.3) is 5.69 Å². The largest absolute Gasteiger partial charge is 0.378 e. The molecule has 0 spiro atoms. The molecule has 4 heterocycles. The summed E-state index contributed by atoms with van der Waals surface area (Å²) in [6, 6.07) is 6.94. The highest BCUT2D eigenvalue weighted by Crippen LogP contribution is 2.23. The van der Waals surface area contributed by atoms with Crippen LogP contribution in [0.1, 0.15) is 10.4 Å². The number of ether oxygens (including phenoxy) is 1. The predicted octanol–water partition coefficient (Wildman–Crippen LogP) is 1.56. The van der Waals surface area contributed by atoms with Crippen LogP contribution in [0.15, 0.2) is 36.7 Å². The van der Waals surface area contributed by atoms with Gasteiger partial charge in [0, 0.05) is 44.9 Å². The van der Waals surface area contributed by atoms with Crippen molar-refractivity contribution in [2.24, 2.45) is 0 Å². The minimum absolute atomic E-state index is 0.173. The molecule has 10 nitrogen and oxygen atoms in total. The fourth-order valence-corrected chi connectivity index (χ4v) is 4.00. The minimum atomic E-state index is -0.713. The number of pyridine rings is 1. The van der Waals surface area contributed by atoms with Gasteiger partial charge in [-0.2, -0.15) is 4.98 Å². The zero-order chi connectivity index (χ0) is 23.7. The molecule has 3 aromatic rings. The van der Waals surface area contributed by atoms with E-state index in [4.69, 9.17) is 4.74 Å². The van der Waals surface area contributed by atoms with Crippen LogP contribution in [-0.2, 0) is 4.74 Å². The van der Waals surface area contributed by atoms with Crippen molar-refractivity contribution in [3.8, 4) is 5.69 Å². The van der Waals surface area contributed by atoms with Gasteiger partial charge in [-0.15, -0.1) is 5.10 Å². The first-order valence-electron chi connectivity index (χ1n) is 10.9. The molecule has 0 unspecified atom stereocenters. The van der Waals surface area contributed by atoms with Gasteiger partial charge in [0.25, 0.3) is 5.91 Å². The smallest absolute Gasteiger partial charge is 0.251 e. The number of nitrogens with one attached hydrogen (secondary N) is 2. The zero-order valence-electron chi connectivity index (χ0n) is 18.5. The average Bonchev–Trinajstić information content (AvgIpc) is 3.25. The van der Waals surface area contributed by atoms with Gasteiger partial charge >= 0.3 is 0 Å². The van der Waals surface area contributed by atoms with Gasteiger partial charge in [-0.3, -0.25) is 9.69 Å². The van der Waals surface area contributed by atoms with Crippen LogP contribution in [0, 0.1) is 11.6 Å². The first-order valence-corrected chi connectivity index (χ1v) is 10.9. The van der Waals surface area contributed by atoms with Crippen LogP contribution in [0.4, 0.5) is 26.4 Å². The Morgan fingerprint density at radius 1 is 1.06 bits per heavy atom. The van der Waals surface area contributed by atoms with E-state index in [1.807, 2.05) is 0 Å². The molecule has 0 saturated carbocycles. The first-order chi connectivity index (χ1) is 16.5. The van der Waals surface area contributed by atoms with Gasteiger partial charge in [0.15, 0.2) is 0 Å². The Hall–Kier alpha value is -3.64. The summed E-state index contributed by atoms with van der Waals surface area (Å²) in [5.41, 5.74) is 0.636. The van der Waals surface area contributed by atoms with Gasteiger partial charge in [-0.05, 0) is 24.3 Å². The van der Waals surface area contributed by atoms with E-state index in [1.165, 1.54) is 11.0 Å². The maximum absolute atomic E-state index is 13.6. The summed E-state index contributed by atoms with van der Waals surface area (Å²) < 4.78 is 33.7. The van der Waals surface area contributed by atoms with Gasteiger partial charge < -0.3 is 20.3 Å². The number of carbonyl (C=O) groups excluding carboxylic acids is 1. The Labute approximate surface area is 194 Å². The lowest BCUT2D eigenvalue weighted by molar-refractivity contribution is -0.0660. The Bertz CT molecular complexity index is 1170. The molecule has 1 aromatic carbocycles. The highest BCUT2D eigenvalue weighted by atomic mass is 19.1. The molecule has 2 N–H and O–H groups in total. The fourth-order valence-electron chi connectivity index (χ4n) is 4.00. The van der Waals surface area contributed by atoms with Crippen molar-refractivity contribution in [3.63, 3.8) is 0 Å². The molecule has 1 amide bonds. The molecule has 2 aliphatic rings. The third-order valence-electron chi connectivity index (χ3n) is 5.92. The van der Waals surface area contributed by atoms with E-state index >= 15 is 0 Å². The number of amides is 1. The maximum atomic E-state index is 13.6. The van der Waals surface area contributed by atoms with E-state index in [2.05, 4.69) is 35.5 Å². The van der Waals surface area contributed by atoms with Crippen molar-refractivity contribution >= 4 is 23.5 Å². The summed E-state index contributed by atoms with van der Waals surface area (Å²) >= 11 is 0. The van der Waals surface area contributed by atoms with Crippen LogP contribution in [0.5, 0.6) is 0 Å². The van der Waals surface area contributed by atoms with Crippen LogP contribution in [-0.4, -0.2) is 83.0 Å². The standard InChI is InChI=1S/C22H24F2N8O2/c1-25-21(33)14-6-19(27-20(7-14)31-4-2-30(3-5-31)18-11-34-12-18)28-22-26-13-32(29-22)17-9-15(23)8-16(24)10-17/h6-10,13,18H,2-5,11-12H2,1H3,(H,25,33)(H,27,28,29). The normalized spacial score (nSPS) is 16.9. The van der Waals surface area contributed by atoms with E-state index < -0.39 is 11.6 Å². The maximum Gasteiger partial charge on any atom is 0.251 e. The molecule has 2 aromatic heterocycles. The molecular formula is C22H24F2N8O2. The summed E-state index contributed by atoms with van der Waals surface area (Å²) in [6.07, 6.45) is 1.34. The van der Waals surface area contributed by atoms with Crippen LogP contribution in [0.3, 0.4) is 0 Å². The van der Waals surface area contributed by atoms with Crippen molar-refractivity contribution < 1.29 is 18.3 Å². The summed E-state index contributed by atoms with van der Waals surface area (Å²) in [7, 11) is 1.57.